The molecular weight excluding hydrogens is 442 g/mol. The molecule has 4 rings (SSSR count). The lowest BCUT2D eigenvalue weighted by molar-refractivity contribution is -0.384. The fourth-order valence-corrected chi connectivity index (χ4v) is 5.45. The zero-order chi connectivity index (χ0) is 23.4. The molecule has 0 amide bonds. The number of allylic oxidation sites excluding steroid dienone is 1. The smallest absolute Gasteiger partial charge is 0.283 e. The van der Waals surface area contributed by atoms with Gasteiger partial charge >= 0.3 is 0 Å². The second-order valence-corrected chi connectivity index (χ2v) is 9.25. The van der Waals surface area contributed by atoms with Gasteiger partial charge in [0, 0.05) is 37.3 Å². The van der Waals surface area contributed by atoms with Gasteiger partial charge in [0.25, 0.3) is 15.7 Å². The van der Waals surface area contributed by atoms with Crippen LogP contribution in [0.5, 0.6) is 0 Å². The third-order valence-corrected chi connectivity index (χ3v) is 7.16. The summed E-state index contributed by atoms with van der Waals surface area (Å²) in [6.07, 6.45) is 2.95. The molecule has 0 spiro atoms. The van der Waals surface area contributed by atoms with E-state index in [2.05, 4.69) is 4.98 Å². The molecule has 8 nitrogen and oxygen atoms in total. The Morgan fingerprint density at radius 2 is 1.76 bits per heavy atom. The van der Waals surface area contributed by atoms with E-state index in [9.17, 15) is 18.5 Å². The Hall–Kier alpha value is -3.56. The summed E-state index contributed by atoms with van der Waals surface area (Å²) in [6.45, 7) is 2.13. The minimum Gasteiger partial charge on any atom is -0.358 e. The van der Waals surface area contributed by atoms with Crippen molar-refractivity contribution in [3.63, 3.8) is 0 Å². The number of nitro benzene ring substituents is 1. The fourth-order valence-electron chi connectivity index (χ4n) is 3.92. The number of pyridine rings is 1. The molecular formula is C24H23N3O5S. The van der Waals surface area contributed by atoms with E-state index in [1.54, 1.807) is 24.3 Å². The van der Waals surface area contributed by atoms with Gasteiger partial charge in [0.15, 0.2) is 5.03 Å². The minimum absolute atomic E-state index is 0.0738. The molecule has 0 radical (unpaired) electrons. The average molecular weight is 466 g/mol. The molecule has 1 aliphatic heterocycles. The molecule has 2 heterocycles. The van der Waals surface area contributed by atoms with Crippen molar-refractivity contribution < 1.29 is 18.1 Å². The molecule has 0 N–H and O–H groups in total. The summed E-state index contributed by atoms with van der Waals surface area (Å²) in [5.74, 6) is -0.108. The molecule has 3 aromatic rings. The number of nitrogens with zero attached hydrogens (tertiary/aromatic N) is 3. The standard InChI is InChI=1S/C24H23N3O5S/c1-2-32-24-17-20(18-8-4-3-5-9-18)16-22(19-11-13-21(14-12-19)27(28)29)26(24)33(30,31)23-10-6-7-15-25-23/h3-16,20,24H,2,17H2,1H3/t20-,24-/m1/s1. The van der Waals surface area contributed by atoms with E-state index in [1.165, 1.54) is 28.7 Å². The Bertz CT molecular complexity index is 1250. The van der Waals surface area contributed by atoms with Crippen LogP contribution in [0.25, 0.3) is 5.70 Å². The van der Waals surface area contributed by atoms with Crippen LogP contribution in [0.3, 0.4) is 0 Å². The van der Waals surface area contributed by atoms with Crippen LogP contribution < -0.4 is 0 Å². The molecule has 9 heteroatoms. The third kappa shape index (κ3) is 4.64. The summed E-state index contributed by atoms with van der Waals surface area (Å²) in [4.78, 5) is 14.7. The molecule has 0 fully saturated rings. The average Bonchev–Trinajstić information content (AvgIpc) is 2.85. The number of hydrogen-bond acceptors (Lipinski definition) is 6. The summed E-state index contributed by atoms with van der Waals surface area (Å²) >= 11 is 0. The Kier molecular flexibility index (Phi) is 6.52. The van der Waals surface area contributed by atoms with Crippen molar-refractivity contribution in [1.82, 2.24) is 9.29 Å². The first-order chi connectivity index (χ1) is 15.9. The van der Waals surface area contributed by atoms with E-state index in [4.69, 9.17) is 4.74 Å². The highest BCUT2D eigenvalue weighted by Gasteiger charge is 2.40. The molecule has 170 valence electrons. The minimum atomic E-state index is -4.07. The molecule has 0 unspecified atom stereocenters. The van der Waals surface area contributed by atoms with Crippen molar-refractivity contribution in [1.29, 1.82) is 0 Å². The lowest BCUT2D eigenvalue weighted by Crippen LogP contribution is -2.44. The van der Waals surface area contributed by atoms with Gasteiger partial charge in [0.1, 0.15) is 6.23 Å². The quantitative estimate of drug-likeness (QED) is 0.374. The Morgan fingerprint density at radius 3 is 2.36 bits per heavy atom. The van der Waals surface area contributed by atoms with Crippen LogP contribution in [0.2, 0.25) is 0 Å². The van der Waals surface area contributed by atoms with E-state index < -0.39 is 21.2 Å². The molecule has 1 aromatic heterocycles. The first kappa shape index (κ1) is 22.6. The number of nitro groups is 1. The number of aromatic nitrogens is 1. The molecule has 0 bridgehead atoms. The Labute approximate surface area is 192 Å². The van der Waals surface area contributed by atoms with Gasteiger partial charge < -0.3 is 4.74 Å². The van der Waals surface area contributed by atoms with Gasteiger partial charge in [-0.15, -0.1) is 0 Å². The van der Waals surface area contributed by atoms with Gasteiger partial charge in [-0.3, -0.25) is 10.1 Å². The summed E-state index contributed by atoms with van der Waals surface area (Å²) in [6, 6.07) is 20.3. The predicted molar refractivity (Wildman–Crippen MR) is 124 cm³/mol. The first-order valence-electron chi connectivity index (χ1n) is 10.5. The van der Waals surface area contributed by atoms with Crippen LogP contribution in [-0.2, 0) is 14.8 Å². The molecule has 0 saturated heterocycles. The number of ether oxygens (including phenoxy) is 1. The predicted octanol–water partition coefficient (Wildman–Crippen LogP) is 4.57. The topological polar surface area (TPSA) is 103 Å². The third-order valence-electron chi connectivity index (χ3n) is 5.44. The van der Waals surface area contributed by atoms with Crippen LogP contribution in [0.1, 0.15) is 30.4 Å². The highest BCUT2D eigenvalue weighted by Crippen LogP contribution is 2.40. The van der Waals surface area contributed by atoms with Crippen molar-refractivity contribution in [2.24, 2.45) is 0 Å². The second kappa shape index (κ2) is 9.51. The molecule has 33 heavy (non-hydrogen) atoms. The van der Waals surface area contributed by atoms with Gasteiger partial charge in [-0.25, -0.2) is 9.29 Å². The van der Waals surface area contributed by atoms with E-state index >= 15 is 0 Å². The van der Waals surface area contributed by atoms with E-state index in [-0.39, 0.29) is 16.6 Å². The van der Waals surface area contributed by atoms with Gasteiger partial charge in [-0.2, -0.15) is 8.42 Å². The number of rotatable bonds is 7. The normalized spacial score (nSPS) is 18.6. The first-order valence-corrected chi connectivity index (χ1v) is 11.9. The van der Waals surface area contributed by atoms with E-state index in [0.29, 0.717) is 24.3 Å². The second-order valence-electron chi connectivity index (χ2n) is 7.49. The Balaban J connectivity index is 1.89. The van der Waals surface area contributed by atoms with Crippen LogP contribution in [-0.4, -0.2) is 35.5 Å². The van der Waals surface area contributed by atoms with Crippen molar-refractivity contribution in [2.45, 2.75) is 30.5 Å². The number of sulfonamides is 1. The number of hydrogen-bond donors (Lipinski definition) is 0. The molecule has 1 aliphatic rings. The lowest BCUT2D eigenvalue weighted by atomic mass is 9.90. The van der Waals surface area contributed by atoms with E-state index in [1.807, 2.05) is 43.3 Å². The summed E-state index contributed by atoms with van der Waals surface area (Å²) in [5.41, 5.74) is 1.88. The molecule has 2 atom stereocenters. The van der Waals surface area contributed by atoms with Crippen LogP contribution in [0.15, 0.2) is 90.1 Å². The summed E-state index contributed by atoms with van der Waals surface area (Å²) in [5, 5.41) is 11.0. The zero-order valence-electron chi connectivity index (χ0n) is 17.9. The largest absolute Gasteiger partial charge is 0.358 e. The highest BCUT2D eigenvalue weighted by molar-refractivity contribution is 7.89. The van der Waals surface area contributed by atoms with Gasteiger partial charge in [-0.1, -0.05) is 42.5 Å². The van der Waals surface area contributed by atoms with Crippen LogP contribution >= 0.6 is 0 Å². The number of benzene rings is 2. The fraction of sp³-hybridized carbons (Fsp3) is 0.208. The van der Waals surface area contributed by atoms with Crippen molar-refractivity contribution in [3.05, 3.63) is 106 Å². The molecule has 0 saturated carbocycles. The SMILES string of the molecule is CCO[C@@H]1C[C@H](c2ccccc2)C=C(c2ccc([N+](=O)[O-])cc2)N1S(=O)(=O)c1ccccn1. The van der Waals surface area contributed by atoms with Gasteiger partial charge in [-0.05, 0) is 42.3 Å². The summed E-state index contributed by atoms with van der Waals surface area (Å²) in [7, 11) is -4.07. The highest BCUT2D eigenvalue weighted by atomic mass is 32.2. The number of non-ortho nitro benzene ring substituents is 1. The Morgan fingerprint density at radius 1 is 1.06 bits per heavy atom. The maximum Gasteiger partial charge on any atom is 0.283 e. The monoisotopic (exact) mass is 465 g/mol. The van der Waals surface area contributed by atoms with Crippen molar-refractivity contribution in [3.8, 4) is 0 Å². The summed E-state index contributed by atoms with van der Waals surface area (Å²) < 4.78 is 34.6. The molecule has 0 aliphatic carbocycles. The van der Waals surface area contributed by atoms with Crippen molar-refractivity contribution >= 4 is 21.4 Å². The zero-order valence-corrected chi connectivity index (χ0v) is 18.8. The van der Waals surface area contributed by atoms with Crippen molar-refractivity contribution in [2.75, 3.05) is 6.61 Å². The van der Waals surface area contributed by atoms with Crippen LogP contribution in [0, 0.1) is 10.1 Å². The lowest BCUT2D eigenvalue weighted by Gasteiger charge is -2.39. The van der Waals surface area contributed by atoms with Crippen LogP contribution in [0.4, 0.5) is 5.69 Å². The van der Waals surface area contributed by atoms with Gasteiger partial charge in [0.2, 0.25) is 0 Å². The maximum absolute atomic E-state index is 13.7. The van der Waals surface area contributed by atoms with Gasteiger partial charge in [0.05, 0.1) is 10.6 Å². The maximum atomic E-state index is 13.7. The molecule has 2 aromatic carbocycles. The van der Waals surface area contributed by atoms with E-state index in [0.717, 1.165) is 5.56 Å².